The predicted octanol–water partition coefficient (Wildman–Crippen LogP) is 1.79. The van der Waals surface area contributed by atoms with Gasteiger partial charge in [-0.25, -0.2) is 0 Å². The molecule has 3 amide bonds. The first-order valence-corrected chi connectivity index (χ1v) is 15.0. The highest BCUT2D eigenvalue weighted by molar-refractivity contribution is 5.99. The minimum atomic E-state index is -0.792. The quantitative estimate of drug-likeness (QED) is 0.300. The van der Waals surface area contributed by atoms with Gasteiger partial charge in [0.25, 0.3) is 5.91 Å². The number of nitrogens with zero attached hydrogens (tertiary/aromatic N) is 3. The van der Waals surface area contributed by atoms with Crippen molar-refractivity contribution in [2.45, 2.75) is 38.3 Å². The number of carbonyl (C=O) groups excluding carboxylic acids is 4. The van der Waals surface area contributed by atoms with Gasteiger partial charge >= 0.3 is 0 Å². The molecule has 4 rings (SSSR count). The molecule has 0 spiro atoms. The van der Waals surface area contributed by atoms with Gasteiger partial charge < -0.3 is 35.7 Å². The molecule has 232 valence electrons. The molecule has 2 heterocycles. The maximum atomic E-state index is 13.3. The Labute approximate surface area is 253 Å². The van der Waals surface area contributed by atoms with Crippen LogP contribution in [0.4, 0.5) is 11.4 Å². The Kier molecular flexibility index (Phi) is 11.5. The van der Waals surface area contributed by atoms with Crippen molar-refractivity contribution >= 4 is 35.4 Å². The molecule has 0 radical (unpaired) electrons. The van der Waals surface area contributed by atoms with Crippen molar-refractivity contribution in [1.29, 1.82) is 0 Å². The third kappa shape index (κ3) is 8.55. The number of piperidine rings is 1. The number of piperazine rings is 1. The molecule has 0 aliphatic carbocycles. The summed E-state index contributed by atoms with van der Waals surface area (Å²) >= 11 is 0. The van der Waals surface area contributed by atoms with Gasteiger partial charge in [0.1, 0.15) is 12.3 Å². The fraction of sp³-hybridized carbons (Fsp3) is 0.500. The van der Waals surface area contributed by atoms with Crippen molar-refractivity contribution in [1.82, 2.24) is 15.5 Å². The molecule has 2 aliphatic rings. The van der Waals surface area contributed by atoms with Crippen LogP contribution in [0, 0.1) is 5.92 Å². The van der Waals surface area contributed by atoms with Crippen LogP contribution in [0.15, 0.2) is 42.5 Å². The van der Waals surface area contributed by atoms with E-state index >= 15 is 0 Å². The first-order chi connectivity index (χ1) is 20.8. The lowest BCUT2D eigenvalue weighted by Crippen LogP contribution is -2.49. The number of aldehydes is 1. The molecule has 1 unspecified atom stereocenters. The number of primary amides is 1. The van der Waals surface area contributed by atoms with Crippen LogP contribution in [0.2, 0.25) is 0 Å². The highest BCUT2D eigenvalue weighted by Gasteiger charge is 2.26. The van der Waals surface area contributed by atoms with E-state index in [1.54, 1.807) is 19.2 Å². The van der Waals surface area contributed by atoms with Crippen LogP contribution in [0.1, 0.15) is 52.0 Å². The van der Waals surface area contributed by atoms with E-state index in [2.05, 4.69) is 25.3 Å². The molecule has 0 saturated carbocycles. The Bertz CT molecular complexity index is 1250. The molecule has 0 aromatic heterocycles. The molecule has 11 heteroatoms. The van der Waals surface area contributed by atoms with Crippen LogP contribution in [0.5, 0.6) is 0 Å². The molecule has 43 heavy (non-hydrogen) atoms. The first kappa shape index (κ1) is 32.0. The summed E-state index contributed by atoms with van der Waals surface area (Å²) in [5, 5.41) is 5.36. The zero-order valence-corrected chi connectivity index (χ0v) is 25.2. The van der Waals surface area contributed by atoms with Crippen LogP contribution < -0.4 is 26.2 Å². The highest BCUT2D eigenvalue weighted by Crippen LogP contribution is 2.26. The SMILES string of the molecule is CNC(=O)C(CCC=O)NC(=O)c1cc(N2CCN(CC3CCN(c4ccc(C(N)=O)cc4)CC3)CC2)ccc1COC. The lowest BCUT2D eigenvalue weighted by Gasteiger charge is -2.40. The molecule has 2 aromatic carbocycles. The number of carbonyl (C=O) groups is 4. The van der Waals surface area contributed by atoms with Crippen LogP contribution in [-0.4, -0.2) is 94.9 Å². The van der Waals surface area contributed by atoms with Gasteiger partial charge in [-0.05, 0) is 67.1 Å². The molecular weight excluding hydrogens is 548 g/mol. The Hall–Kier alpha value is -3.96. The summed E-state index contributed by atoms with van der Waals surface area (Å²) in [5.41, 5.74) is 9.20. The van der Waals surface area contributed by atoms with E-state index in [1.807, 2.05) is 30.3 Å². The Morgan fingerprint density at radius 2 is 1.63 bits per heavy atom. The average molecular weight is 593 g/mol. The summed E-state index contributed by atoms with van der Waals surface area (Å²) in [7, 11) is 3.09. The number of ether oxygens (including phenoxy) is 1. The van der Waals surface area contributed by atoms with Crippen molar-refractivity contribution < 1.29 is 23.9 Å². The first-order valence-electron chi connectivity index (χ1n) is 15.0. The van der Waals surface area contributed by atoms with E-state index in [1.165, 1.54) is 7.05 Å². The normalized spacial score (nSPS) is 16.9. The largest absolute Gasteiger partial charge is 0.380 e. The number of amides is 3. The number of rotatable bonds is 13. The third-order valence-corrected chi connectivity index (χ3v) is 8.46. The Balaban J connectivity index is 1.31. The molecule has 0 bridgehead atoms. The minimum Gasteiger partial charge on any atom is -0.380 e. The fourth-order valence-electron chi connectivity index (χ4n) is 5.93. The van der Waals surface area contributed by atoms with Crippen LogP contribution >= 0.6 is 0 Å². The van der Waals surface area contributed by atoms with Crippen molar-refractivity contribution in [2.24, 2.45) is 11.7 Å². The smallest absolute Gasteiger partial charge is 0.252 e. The summed E-state index contributed by atoms with van der Waals surface area (Å²) in [4.78, 5) is 55.1. The number of hydrogen-bond acceptors (Lipinski definition) is 8. The highest BCUT2D eigenvalue weighted by atomic mass is 16.5. The fourth-order valence-corrected chi connectivity index (χ4v) is 5.93. The lowest BCUT2D eigenvalue weighted by molar-refractivity contribution is -0.122. The Morgan fingerprint density at radius 3 is 2.23 bits per heavy atom. The van der Waals surface area contributed by atoms with E-state index in [0.29, 0.717) is 17.0 Å². The second kappa shape index (κ2) is 15.5. The summed E-state index contributed by atoms with van der Waals surface area (Å²) in [5.74, 6) is -0.455. The summed E-state index contributed by atoms with van der Waals surface area (Å²) < 4.78 is 5.33. The van der Waals surface area contributed by atoms with Gasteiger partial charge in [-0.1, -0.05) is 6.07 Å². The van der Waals surface area contributed by atoms with Crippen molar-refractivity contribution in [2.75, 3.05) is 69.8 Å². The predicted molar refractivity (Wildman–Crippen MR) is 166 cm³/mol. The zero-order valence-electron chi connectivity index (χ0n) is 25.2. The van der Waals surface area contributed by atoms with Crippen LogP contribution in [-0.2, 0) is 20.9 Å². The number of benzene rings is 2. The second-order valence-corrected chi connectivity index (χ2v) is 11.3. The standard InChI is InChI=1S/C32H44N6O5/c1-34-32(42)29(4-3-19-39)35-31(41)28-20-27(10-7-25(28)22-43-2)38-17-15-36(16-18-38)21-23-11-13-37(14-12-23)26-8-5-24(6-9-26)30(33)40/h5-10,19-20,23,29H,3-4,11-18,21-22H2,1-2H3,(H2,33,40)(H,34,42)(H,35,41). The van der Waals surface area contributed by atoms with Gasteiger partial charge in [0, 0.05) is 88.9 Å². The number of hydrogen-bond donors (Lipinski definition) is 3. The van der Waals surface area contributed by atoms with E-state index in [-0.39, 0.29) is 31.3 Å². The maximum Gasteiger partial charge on any atom is 0.252 e. The number of likely N-dealkylation sites (N-methyl/N-ethyl adjacent to an activating group) is 1. The summed E-state index contributed by atoms with van der Waals surface area (Å²) in [6.45, 7) is 6.94. The van der Waals surface area contributed by atoms with Gasteiger partial charge in [-0.2, -0.15) is 0 Å². The average Bonchev–Trinajstić information content (AvgIpc) is 3.03. The van der Waals surface area contributed by atoms with Crippen LogP contribution in [0.25, 0.3) is 0 Å². The zero-order chi connectivity index (χ0) is 30.8. The van der Waals surface area contributed by atoms with Crippen molar-refractivity contribution in [3.8, 4) is 0 Å². The van der Waals surface area contributed by atoms with Gasteiger partial charge in [0.15, 0.2) is 0 Å². The second-order valence-electron chi connectivity index (χ2n) is 11.3. The molecule has 2 fully saturated rings. The topological polar surface area (TPSA) is 137 Å². The molecule has 1 atom stereocenters. The molecule has 11 nitrogen and oxygen atoms in total. The van der Waals surface area contributed by atoms with Gasteiger partial charge in [0.05, 0.1) is 6.61 Å². The lowest BCUT2D eigenvalue weighted by atomic mass is 9.95. The molecule has 2 aromatic rings. The van der Waals surface area contributed by atoms with E-state index in [0.717, 1.165) is 81.9 Å². The number of methoxy groups -OCH3 is 1. The van der Waals surface area contributed by atoms with E-state index in [9.17, 15) is 19.2 Å². The molecule has 2 saturated heterocycles. The van der Waals surface area contributed by atoms with Gasteiger partial charge in [-0.3, -0.25) is 19.3 Å². The number of nitrogens with one attached hydrogen (secondary N) is 2. The minimum absolute atomic E-state index is 0.179. The molecule has 4 N–H and O–H groups in total. The van der Waals surface area contributed by atoms with Crippen LogP contribution in [0.3, 0.4) is 0 Å². The maximum absolute atomic E-state index is 13.3. The molecular formula is C32H44N6O5. The van der Waals surface area contributed by atoms with Crippen molar-refractivity contribution in [3.63, 3.8) is 0 Å². The summed E-state index contributed by atoms with van der Waals surface area (Å²) in [6.07, 6.45) is 3.41. The van der Waals surface area contributed by atoms with E-state index < -0.39 is 11.9 Å². The van der Waals surface area contributed by atoms with Gasteiger partial charge in [0.2, 0.25) is 11.8 Å². The van der Waals surface area contributed by atoms with E-state index in [4.69, 9.17) is 10.5 Å². The third-order valence-electron chi connectivity index (χ3n) is 8.46. The molecule has 2 aliphatic heterocycles. The van der Waals surface area contributed by atoms with Gasteiger partial charge in [-0.15, -0.1) is 0 Å². The number of nitrogens with two attached hydrogens (primary N) is 1. The number of anilines is 2. The monoisotopic (exact) mass is 592 g/mol. The summed E-state index contributed by atoms with van der Waals surface area (Å²) in [6, 6.07) is 12.6. The van der Waals surface area contributed by atoms with Crippen molar-refractivity contribution in [3.05, 3.63) is 59.2 Å². The Morgan fingerprint density at radius 1 is 0.977 bits per heavy atom.